The fourth-order valence-corrected chi connectivity index (χ4v) is 11.0. The summed E-state index contributed by atoms with van der Waals surface area (Å²) in [5.41, 5.74) is 2.11. The summed E-state index contributed by atoms with van der Waals surface area (Å²) in [6.07, 6.45) is 4.18. The zero-order valence-corrected chi connectivity index (χ0v) is 22.9. The predicted octanol–water partition coefficient (Wildman–Crippen LogP) is 7.33. The number of hydrogen-bond donors (Lipinski definition) is 1. The molecule has 1 saturated heterocycles. The third-order valence-corrected chi connectivity index (χ3v) is 21.4. The van der Waals surface area contributed by atoms with Gasteiger partial charge in [0.25, 0.3) is 0 Å². The van der Waals surface area contributed by atoms with Gasteiger partial charge in [0.15, 0.2) is 12.1 Å². The van der Waals surface area contributed by atoms with Gasteiger partial charge in [-0.3, -0.25) is 0 Å². The maximum Gasteiger partial charge on any atom is 0.169 e. The zero-order chi connectivity index (χ0) is 22.5. The Bertz CT molecular complexity index is 554. The molecule has 29 heavy (non-hydrogen) atoms. The van der Waals surface area contributed by atoms with Gasteiger partial charge in [0.2, 0.25) is 0 Å². The first-order chi connectivity index (χ1) is 12.9. The van der Waals surface area contributed by atoms with Crippen LogP contribution in [0, 0.1) is 0 Å². The minimum atomic E-state index is -1.76. The van der Waals surface area contributed by atoms with E-state index in [1.165, 1.54) is 5.57 Å². The van der Waals surface area contributed by atoms with Crippen molar-refractivity contribution in [3.63, 3.8) is 0 Å². The van der Waals surface area contributed by atoms with Crippen LogP contribution in [-0.2, 0) is 9.47 Å². The quantitative estimate of drug-likeness (QED) is 0.282. The van der Waals surface area contributed by atoms with Gasteiger partial charge in [-0.1, -0.05) is 79.9 Å². The highest BCUT2D eigenvalue weighted by molar-refractivity contribution is 6.84. The van der Waals surface area contributed by atoms with Crippen LogP contribution in [-0.4, -0.2) is 39.9 Å². The van der Waals surface area contributed by atoms with E-state index in [9.17, 15) is 5.11 Å². The van der Waals surface area contributed by atoms with Crippen LogP contribution in [0.5, 0.6) is 0 Å². The molecule has 2 fully saturated rings. The Morgan fingerprint density at radius 3 is 1.72 bits per heavy atom. The summed E-state index contributed by atoms with van der Waals surface area (Å²) in [5, 5.41) is 12.3. The Balaban J connectivity index is 2.45. The summed E-state index contributed by atoms with van der Waals surface area (Å²) in [6, 6.07) is 0. The Kier molecular flexibility index (Phi) is 7.15. The smallest absolute Gasteiger partial charge is 0.169 e. The molecule has 2 rings (SSSR count). The topological polar surface area (TPSA) is 38.7 Å². The minimum Gasteiger partial charge on any atom is -0.365 e. The van der Waals surface area contributed by atoms with Crippen molar-refractivity contribution in [3.05, 3.63) is 12.2 Å². The van der Waals surface area contributed by atoms with Crippen molar-refractivity contribution in [2.24, 2.45) is 0 Å². The van der Waals surface area contributed by atoms with Crippen LogP contribution >= 0.6 is 0 Å². The van der Waals surface area contributed by atoms with Gasteiger partial charge in [-0.05, 0) is 40.4 Å². The van der Waals surface area contributed by atoms with Crippen molar-refractivity contribution in [2.75, 3.05) is 6.61 Å². The van der Waals surface area contributed by atoms with E-state index in [2.05, 4.69) is 67.7 Å². The van der Waals surface area contributed by atoms with Gasteiger partial charge in [0.05, 0.1) is 16.1 Å². The maximum absolute atomic E-state index is 11.8. The molecular formula is C24H48O3Si2. The summed E-state index contributed by atoms with van der Waals surface area (Å²) in [6.45, 7) is 29.6. The second kappa shape index (κ2) is 8.20. The molecule has 1 saturated carbocycles. The van der Waals surface area contributed by atoms with Gasteiger partial charge in [-0.2, -0.15) is 0 Å². The van der Waals surface area contributed by atoms with E-state index < -0.39 is 21.9 Å². The van der Waals surface area contributed by atoms with Crippen molar-refractivity contribution >= 4 is 16.1 Å². The molecule has 0 amide bonds. The lowest BCUT2D eigenvalue weighted by atomic mass is 9.89. The molecular weight excluding hydrogens is 392 g/mol. The second-order valence-corrected chi connectivity index (χ2v) is 24.2. The molecule has 5 heteroatoms. The number of ether oxygens (including phenoxy) is 2. The molecule has 2 aliphatic rings. The van der Waals surface area contributed by atoms with Gasteiger partial charge in [0, 0.05) is 19.4 Å². The van der Waals surface area contributed by atoms with E-state index >= 15 is 0 Å². The number of aliphatic hydroxyl groups is 1. The van der Waals surface area contributed by atoms with Crippen LogP contribution in [0.15, 0.2) is 12.2 Å². The van der Waals surface area contributed by atoms with Crippen molar-refractivity contribution in [1.29, 1.82) is 0 Å². The first kappa shape index (κ1) is 25.3. The number of allylic oxidation sites excluding steroid dienone is 1. The highest BCUT2D eigenvalue weighted by Gasteiger charge is 2.57. The van der Waals surface area contributed by atoms with E-state index in [1.807, 2.05) is 0 Å². The van der Waals surface area contributed by atoms with Crippen LogP contribution < -0.4 is 0 Å². The lowest BCUT2D eigenvalue weighted by molar-refractivity contribution is -0.306. The molecule has 0 aromatic carbocycles. The fraction of sp³-hybridized carbons (Fsp3) is 0.917. The van der Waals surface area contributed by atoms with Crippen LogP contribution in [0.25, 0.3) is 0 Å². The van der Waals surface area contributed by atoms with E-state index in [4.69, 9.17) is 16.1 Å². The Hall–Kier alpha value is 0.0538. The Morgan fingerprint density at radius 2 is 1.38 bits per heavy atom. The number of hydrogen-bond acceptors (Lipinski definition) is 3. The minimum absolute atomic E-state index is 0.234. The summed E-state index contributed by atoms with van der Waals surface area (Å²) >= 11 is 0. The maximum atomic E-state index is 11.8. The highest BCUT2D eigenvalue weighted by Crippen LogP contribution is 2.61. The molecule has 1 aliphatic heterocycles. The SMILES string of the molecule is C=C1[C@H]([Si](C)(C)C(C)(C)C)CC(O)(OC2CCCCO2)C[C@H]1[Si](C)(C)C(C)(C)C. The van der Waals surface area contributed by atoms with Crippen molar-refractivity contribution in [2.45, 2.75) is 133 Å². The van der Waals surface area contributed by atoms with Crippen LogP contribution in [0.1, 0.15) is 73.6 Å². The molecule has 0 spiro atoms. The van der Waals surface area contributed by atoms with Crippen LogP contribution in [0.4, 0.5) is 0 Å². The standard InChI is InChI=1S/C24H48O3Si2/c1-18-19(28(8,9)22(2,3)4)16-24(25,27-21-14-12-13-15-26-21)17-20(18)29(10,11)23(5,6)7/h19-21,25H,1,12-17H2,2-11H3/t19-,20-,21?/m1/s1. The molecule has 1 N–H and O–H groups in total. The molecule has 170 valence electrons. The second-order valence-electron chi connectivity index (χ2n) is 12.9. The summed E-state index contributed by atoms with van der Waals surface area (Å²) < 4.78 is 12.2. The molecule has 0 radical (unpaired) electrons. The van der Waals surface area contributed by atoms with Crippen molar-refractivity contribution in [1.82, 2.24) is 0 Å². The van der Waals surface area contributed by atoms with Gasteiger partial charge in [-0.25, -0.2) is 0 Å². The van der Waals surface area contributed by atoms with Gasteiger partial charge in [-0.15, -0.1) is 0 Å². The highest BCUT2D eigenvalue weighted by atomic mass is 28.3. The largest absolute Gasteiger partial charge is 0.365 e. The molecule has 1 aliphatic carbocycles. The zero-order valence-electron chi connectivity index (χ0n) is 20.9. The Morgan fingerprint density at radius 1 is 0.931 bits per heavy atom. The monoisotopic (exact) mass is 440 g/mol. The lowest BCUT2D eigenvalue weighted by Gasteiger charge is -2.56. The molecule has 3 nitrogen and oxygen atoms in total. The average Bonchev–Trinajstić information content (AvgIpc) is 2.55. The van der Waals surface area contributed by atoms with Gasteiger partial charge < -0.3 is 14.6 Å². The molecule has 0 aromatic rings. The van der Waals surface area contributed by atoms with E-state index in [1.54, 1.807) is 0 Å². The van der Waals surface area contributed by atoms with Crippen molar-refractivity contribution in [3.8, 4) is 0 Å². The van der Waals surface area contributed by atoms with Gasteiger partial charge in [0.1, 0.15) is 0 Å². The third-order valence-electron chi connectivity index (χ3n) is 9.04. The summed E-state index contributed by atoms with van der Waals surface area (Å²) in [5.74, 6) is -1.11. The summed E-state index contributed by atoms with van der Waals surface area (Å²) in [4.78, 5) is 0. The molecule has 0 bridgehead atoms. The van der Waals surface area contributed by atoms with Crippen LogP contribution in [0.2, 0.25) is 47.3 Å². The first-order valence-electron chi connectivity index (χ1n) is 11.6. The van der Waals surface area contributed by atoms with E-state index in [-0.39, 0.29) is 16.4 Å². The van der Waals surface area contributed by atoms with Crippen molar-refractivity contribution < 1.29 is 14.6 Å². The van der Waals surface area contributed by atoms with E-state index in [0.717, 1.165) is 25.9 Å². The molecule has 1 unspecified atom stereocenters. The molecule has 1 heterocycles. The van der Waals surface area contributed by atoms with Crippen LogP contribution in [0.3, 0.4) is 0 Å². The van der Waals surface area contributed by atoms with E-state index in [0.29, 0.717) is 23.9 Å². The average molecular weight is 441 g/mol. The Labute approximate surface area is 182 Å². The number of rotatable bonds is 4. The molecule has 0 aromatic heterocycles. The normalized spacial score (nSPS) is 33.1. The van der Waals surface area contributed by atoms with Gasteiger partial charge >= 0.3 is 0 Å². The lowest BCUT2D eigenvalue weighted by Crippen LogP contribution is -2.56. The fourth-order valence-electron chi connectivity index (χ4n) is 4.85. The first-order valence-corrected chi connectivity index (χ1v) is 17.8. The molecule has 3 atom stereocenters. The summed E-state index contributed by atoms with van der Waals surface area (Å²) in [7, 11) is -3.52. The third kappa shape index (κ3) is 5.11. The predicted molar refractivity (Wildman–Crippen MR) is 130 cm³/mol.